The molecule has 2 aromatic heterocycles. The molecule has 0 fully saturated rings. The van der Waals surface area contributed by atoms with E-state index in [4.69, 9.17) is 4.74 Å². The maximum absolute atomic E-state index is 5.63. The SMILES string of the molecule is c1ccc(OCCCNc2ccn3nccc3n2)cc1. The lowest BCUT2D eigenvalue weighted by atomic mass is 10.3. The molecule has 102 valence electrons. The van der Waals surface area contributed by atoms with Crippen LogP contribution in [0.25, 0.3) is 5.65 Å². The van der Waals surface area contributed by atoms with Crippen molar-refractivity contribution >= 4 is 11.5 Å². The molecule has 5 nitrogen and oxygen atoms in total. The normalized spacial score (nSPS) is 10.6. The van der Waals surface area contributed by atoms with Crippen molar-refractivity contribution in [1.82, 2.24) is 14.6 Å². The first-order valence-electron chi connectivity index (χ1n) is 6.64. The molecule has 1 aromatic carbocycles. The average Bonchev–Trinajstić information content (AvgIpc) is 2.95. The van der Waals surface area contributed by atoms with Gasteiger partial charge in [-0.3, -0.25) is 0 Å². The molecule has 3 aromatic rings. The van der Waals surface area contributed by atoms with Crippen molar-refractivity contribution in [1.29, 1.82) is 0 Å². The fraction of sp³-hybridized carbons (Fsp3) is 0.200. The topological polar surface area (TPSA) is 51.5 Å². The number of nitrogens with zero attached hydrogens (tertiary/aromatic N) is 3. The first-order chi connectivity index (χ1) is 9.92. The Balaban J connectivity index is 1.43. The van der Waals surface area contributed by atoms with E-state index in [-0.39, 0.29) is 0 Å². The summed E-state index contributed by atoms with van der Waals surface area (Å²) in [6.07, 6.45) is 4.55. The van der Waals surface area contributed by atoms with Crippen LogP contribution >= 0.6 is 0 Å². The van der Waals surface area contributed by atoms with Crippen LogP contribution in [0, 0.1) is 0 Å². The Kier molecular flexibility index (Phi) is 3.78. The smallest absolute Gasteiger partial charge is 0.157 e. The summed E-state index contributed by atoms with van der Waals surface area (Å²) in [5, 5.41) is 7.39. The number of benzene rings is 1. The van der Waals surface area contributed by atoms with Gasteiger partial charge in [-0.2, -0.15) is 5.10 Å². The van der Waals surface area contributed by atoms with E-state index in [1.807, 2.05) is 48.7 Å². The second-order valence-corrected chi connectivity index (χ2v) is 4.39. The van der Waals surface area contributed by atoms with Crippen LogP contribution in [-0.2, 0) is 0 Å². The van der Waals surface area contributed by atoms with Crippen LogP contribution in [0.15, 0.2) is 54.9 Å². The predicted molar refractivity (Wildman–Crippen MR) is 78.0 cm³/mol. The van der Waals surface area contributed by atoms with Crippen molar-refractivity contribution in [2.75, 3.05) is 18.5 Å². The van der Waals surface area contributed by atoms with Gasteiger partial charge in [0.2, 0.25) is 0 Å². The van der Waals surface area contributed by atoms with Gasteiger partial charge in [-0.15, -0.1) is 0 Å². The van der Waals surface area contributed by atoms with Gasteiger partial charge in [0.25, 0.3) is 0 Å². The molecule has 0 spiro atoms. The lowest BCUT2D eigenvalue weighted by Crippen LogP contribution is -2.08. The molecule has 0 radical (unpaired) electrons. The Hall–Kier alpha value is -2.56. The third-order valence-corrected chi connectivity index (χ3v) is 2.90. The standard InChI is InChI=1S/C15H16N4O/c1-2-5-13(6-3-1)20-12-4-9-16-14-8-11-19-15(18-14)7-10-17-19/h1-3,5-8,10-11H,4,9,12H2,(H,16,18). The molecular weight excluding hydrogens is 252 g/mol. The molecule has 0 saturated carbocycles. The Morgan fingerprint density at radius 1 is 1.10 bits per heavy atom. The lowest BCUT2D eigenvalue weighted by molar-refractivity contribution is 0.315. The molecule has 1 N–H and O–H groups in total. The summed E-state index contributed by atoms with van der Waals surface area (Å²) in [4.78, 5) is 4.44. The molecule has 0 aliphatic carbocycles. The number of nitrogens with one attached hydrogen (secondary N) is 1. The summed E-state index contributed by atoms with van der Waals surface area (Å²) < 4.78 is 7.37. The summed E-state index contributed by atoms with van der Waals surface area (Å²) in [7, 11) is 0. The van der Waals surface area contributed by atoms with Crippen LogP contribution < -0.4 is 10.1 Å². The third kappa shape index (κ3) is 3.06. The van der Waals surface area contributed by atoms with E-state index in [1.165, 1.54) is 0 Å². The molecule has 0 atom stereocenters. The van der Waals surface area contributed by atoms with Crippen molar-refractivity contribution < 1.29 is 4.74 Å². The zero-order valence-corrected chi connectivity index (χ0v) is 11.1. The number of rotatable bonds is 6. The molecule has 0 unspecified atom stereocenters. The van der Waals surface area contributed by atoms with Gasteiger partial charge < -0.3 is 10.1 Å². The van der Waals surface area contributed by atoms with Crippen LogP contribution in [0.1, 0.15) is 6.42 Å². The Labute approximate surface area is 117 Å². The number of para-hydroxylation sites is 1. The van der Waals surface area contributed by atoms with E-state index in [0.29, 0.717) is 6.61 Å². The lowest BCUT2D eigenvalue weighted by Gasteiger charge is -2.07. The highest BCUT2D eigenvalue weighted by atomic mass is 16.5. The highest BCUT2D eigenvalue weighted by molar-refractivity contribution is 5.45. The maximum Gasteiger partial charge on any atom is 0.157 e. The Morgan fingerprint density at radius 3 is 2.90 bits per heavy atom. The van der Waals surface area contributed by atoms with Crippen LogP contribution in [0.5, 0.6) is 5.75 Å². The monoisotopic (exact) mass is 268 g/mol. The van der Waals surface area contributed by atoms with E-state index >= 15 is 0 Å². The van der Waals surface area contributed by atoms with Gasteiger partial charge in [0.15, 0.2) is 5.65 Å². The van der Waals surface area contributed by atoms with Crippen LogP contribution in [0.2, 0.25) is 0 Å². The average molecular weight is 268 g/mol. The highest BCUT2D eigenvalue weighted by Gasteiger charge is 1.98. The van der Waals surface area contributed by atoms with Crippen molar-refractivity contribution in [3.63, 3.8) is 0 Å². The number of hydrogen-bond acceptors (Lipinski definition) is 4. The Morgan fingerprint density at radius 2 is 2.00 bits per heavy atom. The second-order valence-electron chi connectivity index (χ2n) is 4.39. The predicted octanol–water partition coefficient (Wildman–Crippen LogP) is 2.61. The second kappa shape index (κ2) is 6.06. The number of ether oxygens (including phenoxy) is 1. The fourth-order valence-electron chi connectivity index (χ4n) is 1.91. The van der Waals surface area contributed by atoms with Gasteiger partial charge in [0.05, 0.1) is 12.8 Å². The van der Waals surface area contributed by atoms with E-state index < -0.39 is 0 Å². The molecule has 0 aliphatic heterocycles. The van der Waals surface area contributed by atoms with Crippen LogP contribution in [0.4, 0.5) is 5.82 Å². The zero-order valence-electron chi connectivity index (χ0n) is 11.1. The molecule has 0 aliphatic rings. The molecular formula is C15H16N4O. The molecule has 0 saturated heterocycles. The number of fused-ring (bicyclic) bond motifs is 1. The molecule has 0 bridgehead atoms. The number of aromatic nitrogens is 3. The number of anilines is 1. The molecule has 2 heterocycles. The minimum absolute atomic E-state index is 0.686. The van der Waals surface area contributed by atoms with E-state index in [2.05, 4.69) is 15.4 Å². The summed E-state index contributed by atoms with van der Waals surface area (Å²) in [6.45, 7) is 1.51. The quantitative estimate of drug-likeness (QED) is 0.698. The summed E-state index contributed by atoms with van der Waals surface area (Å²) in [6, 6.07) is 13.6. The van der Waals surface area contributed by atoms with Crippen LogP contribution in [0.3, 0.4) is 0 Å². The van der Waals surface area contributed by atoms with Crippen molar-refractivity contribution in [2.45, 2.75) is 6.42 Å². The minimum Gasteiger partial charge on any atom is -0.494 e. The van der Waals surface area contributed by atoms with Gasteiger partial charge in [-0.1, -0.05) is 18.2 Å². The first-order valence-corrected chi connectivity index (χ1v) is 6.64. The van der Waals surface area contributed by atoms with Gasteiger partial charge >= 0.3 is 0 Å². The van der Waals surface area contributed by atoms with Gasteiger partial charge in [-0.25, -0.2) is 9.50 Å². The van der Waals surface area contributed by atoms with Gasteiger partial charge in [0.1, 0.15) is 11.6 Å². The molecule has 20 heavy (non-hydrogen) atoms. The van der Waals surface area contributed by atoms with Crippen molar-refractivity contribution in [3.8, 4) is 5.75 Å². The summed E-state index contributed by atoms with van der Waals surface area (Å²) in [5.41, 5.74) is 0.843. The number of hydrogen-bond donors (Lipinski definition) is 1. The molecule has 5 heteroatoms. The zero-order chi connectivity index (χ0) is 13.6. The van der Waals surface area contributed by atoms with E-state index in [1.54, 1.807) is 10.7 Å². The van der Waals surface area contributed by atoms with Gasteiger partial charge in [-0.05, 0) is 24.6 Å². The van der Waals surface area contributed by atoms with E-state index in [0.717, 1.165) is 30.2 Å². The molecule has 3 rings (SSSR count). The first kappa shape index (κ1) is 12.5. The van der Waals surface area contributed by atoms with Gasteiger partial charge in [0, 0.05) is 18.8 Å². The van der Waals surface area contributed by atoms with E-state index in [9.17, 15) is 0 Å². The summed E-state index contributed by atoms with van der Waals surface area (Å²) in [5.74, 6) is 1.77. The molecule has 0 amide bonds. The third-order valence-electron chi connectivity index (χ3n) is 2.90. The largest absolute Gasteiger partial charge is 0.494 e. The highest BCUT2D eigenvalue weighted by Crippen LogP contribution is 2.09. The van der Waals surface area contributed by atoms with Crippen molar-refractivity contribution in [3.05, 3.63) is 54.9 Å². The Bertz CT molecular complexity index is 666. The van der Waals surface area contributed by atoms with Crippen molar-refractivity contribution in [2.24, 2.45) is 0 Å². The minimum atomic E-state index is 0.686. The maximum atomic E-state index is 5.63. The summed E-state index contributed by atoms with van der Waals surface area (Å²) >= 11 is 0. The van der Waals surface area contributed by atoms with Crippen LogP contribution in [-0.4, -0.2) is 27.7 Å². The fourth-order valence-corrected chi connectivity index (χ4v) is 1.91.